The second-order valence-electron chi connectivity index (χ2n) is 3.91. The fraction of sp³-hybridized carbons (Fsp3) is 0.308. The van der Waals surface area contributed by atoms with Crippen LogP contribution in [0.2, 0.25) is 0 Å². The highest BCUT2D eigenvalue weighted by Crippen LogP contribution is 2.22. The Kier molecular flexibility index (Phi) is 3.25. The largest absolute Gasteiger partial charge is 0.375 e. The van der Waals surface area contributed by atoms with Gasteiger partial charge in [0, 0.05) is 11.3 Å². The Morgan fingerprint density at radius 3 is 2.31 bits per heavy atom. The third-order valence-corrected chi connectivity index (χ3v) is 3.69. The number of anilines is 1. The van der Waals surface area contributed by atoms with Gasteiger partial charge in [-0.3, -0.25) is 0 Å². The normalized spacial score (nSPS) is 10.6. The maximum atomic E-state index is 5.69. The average molecular weight is 232 g/mol. The molecule has 0 atom stereocenters. The molecule has 2 nitrogen and oxygen atoms in total. The first-order chi connectivity index (χ1) is 7.69. The number of aryl methyl sites for hydroxylation is 2. The van der Waals surface area contributed by atoms with Crippen LogP contribution in [0.4, 0.5) is 5.13 Å². The monoisotopic (exact) mass is 232 g/mol. The van der Waals surface area contributed by atoms with E-state index in [1.54, 1.807) is 11.3 Å². The molecule has 0 amide bonds. The number of rotatable bonds is 3. The number of nitrogen functional groups attached to an aromatic ring is 1. The van der Waals surface area contributed by atoms with Gasteiger partial charge in [0.1, 0.15) is 0 Å². The zero-order valence-corrected chi connectivity index (χ0v) is 10.5. The van der Waals surface area contributed by atoms with Crippen molar-refractivity contribution in [3.63, 3.8) is 0 Å². The summed E-state index contributed by atoms with van der Waals surface area (Å²) in [5.41, 5.74) is 9.45. The predicted octanol–water partition coefficient (Wildman–Crippen LogP) is 3.19. The topological polar surface area (TPSA) is 38.9 Å². The van der Waals surface area contributed by atoms with Gasteiger partial charge in [-0.05, 0) is 24.5 Å². The second-order valence-corrected chi connectivity index (χ2v) is 5.02. The van der Waals surface area contributed by atoms with Gasteiger partial charge in [-0.1, -0.05) is 31.2 Å². The molecular formula is C13H16N2S. The molecule has 1 aromatic heterocycles. The van der Waals surface area contributed by atoms with Gasteiger partial charge in [0.2, 0.25) is 0 Å². The molecule has 2 aromatic rings. The summed E-state index contributed by atoms with van der Waals surface area (Å²) in [4.78, 5) is 5.50. The minimum Gasteiger partial charge on any atom is -0.375 e. The second kappa shape index (κ2) is 4.66. The molecule has 0 radical (unpaired) electrons. The van der Waals surface area contributed by atoms with Crippen LogP contribution < -0.4 is 5.73 Å². The first-order valence-electron chi connectivity index (χ1n) is 5.48. The summed E-state index contributed by atoms with van der Waals surface area (Å²) in [5.74, 6) is 0. The Morgan fingerprint density at radius 2 is 1.81 bits per heavy atom. The van der Waals surface area contributed by atoms with Crippen LogP contribution in [0, 0.1) is 6.92 Å². The lowest BCUT2D eigenvalue weighted by Crippen LogP contribution is -1.88. The molecule has 0 saturated heterocycles. The van der Waals surface area contributed by atoms with E-state index in [4.69, 9.17) is 5.73 Å². The summed E-state index contributed by atoms with van der Waals surface area (Å²) in [7, 11) is 0. The van der Waals surface area contributed by atoms with Crippen molar-refractivity contribution in [1.82, 2.24) is 4.98 Å². The van der Waals surface area contributed by atoms with Crippen LogP contribution in [0.3, 0.4) is 0 Å². The van der Waals surface area contributed by atoms with Gasteiger partial charge in [-0.25, -0.2) is 4.98 Å². The summed E-state index contributed by atoms with van der Waals surface area (Å²) < 4.78 is 0. The smallest absolute Gasteiger partial charge is 0.180 e. The van der Waals surface area contributed by atoms with Gasteiger partial charge >= 0.3 is 0 Å². The van der Waals surface area contributed by atoms with Gasteiger partial charge < -0.3 is 5.73 Å². The maximum Gasteiger partial charge on any atom is 0.180 e. The molecule has 0 aliphatic rings. The van der Waals surface area contributed by atoms with Crippen molar-refractivity contribution in [2.45, 2.75) is 26.7 Å². The van der Waals surface area contributed by atoms with Crippen molar-refractivity contribution in [1.29, 1.82) is 0 Å². The van der Waals surface area contributed by atoms with Crippen molar-refractivity contribution < 1.29 is 0 Å². The fourth-order valence-corrected chi connectivity index (χ4v) is 2.56. The Bertz CT molecular complexity index is 471. The number of aromatic nitrogens is 1. The van der Waals surface area contributed by atoms with E-state index >= 15 is 0 Å². The van der Waals surface area contributed by atoms with Crippen molar-refractivity contribution in [3.8, 4) is 0 Å². The van der Waals surface area contributed by atoms with Crippen molar-refractivity contribution in [2.24, 2.45) is 0 Å². The summed E-state index contributed by atoms with van der Waals surface area (Å²) in [6, 6.07) is 8.76. The van der Waals surface area contributed by atoms with Gasteiger partial charge in [-0.2, -0.15) is 0 Å². The molecule has 0 spiro atoms. The summed E-state index contributed by atoms with van der Waals surface area (Å²) in [6.07, 6.45) is 2.03. The van der Waals surface area contributed by atoms with Crippen molar-refractivity contribution >= 4 is 16.5 Å². The third-order valence-electron chi connectivity index (χ3n) is 2.71. The molecule has 84 valence electrons. The van der Waals surface area contributed by atoms with E-state index in [0.717, 1.165) is 18.5 Å². The van der Waals surface area contributed by atoms with E-state index in [0.29, 0.717) is 5.13 Å². The van der Waals surface area contributed by atoms with Crippen LogP contribution in [0.5, 0.6) is 0 Å². The Balaban J connectivity index is 2.17. The summed E-state index contributed by atoms with van der Waals surface area (Å²) >= 11 is 1.59. The van der Waals surface area contributed by atoms with E-state index < -0.39 is 0 Å². The third kappa shape index (κ3) is 2.42. The molecule has 0 bridgehead atoms. The van der Waals surface area contributed by atoms with E-state index in [-0.39, 0.29) is 0 Å². The number of nitrogens with zero attached hydrogens (tertiary/aromatic N) is 1. The fourth-order valence-electron chi connectivity index (χ4n) is 1.69. The summed E-state index contributed by atoms with van der Waals surface area (Å²) in [5, 5.41) is 0.665. The first kappa shape index (κ1) is 11.1. The highest BCUT2D eigenvalue weighted by molar-refractivity contribution is 7.15. The average Bonchev–Trinajstić information content (AvgIpc) is 2.59. The highest BCUT2D eigenvalue weighted by Gasteiger charge is 2.05. The molecule has 2 rings (SSSR count). The standard InChI is InChI=1S/C13H16N2S/c1-3-10-4-6-11(7-5-10)8-12-9(2)15-13(14)16-12/h4-7H,3,8H2,1-2H3,(H2,14,15). The van der Waals surface area contributed by atoms with Crippen LogP contribution in [0.1, 0.15) is 28.6 Å². The number of thiazole rings is 1. The Morgan fingerprint density at radius 1 is 1.19 bits per heavy atom. The molecule has 1 heterocycles. The van der Waals surface area contributed by atoms with E-state index in [2.05, 4.69) is 36.2 Å². The van der Waals surface area contributed by atoms with Crippen molar-refractivity contribution in [3.05, 3.63) is 46.0 Å². The molecule has 16 heavy (non-hydrogen) atoms. The lowest BCUT2D eigenvalue weighted by Gasteiger charge is -2.01. The highest BCUT2D eigenvalue weighted by atomic mass is 32.1. The minimum atomic E-state index is 0.665. The number of nitrogens with two attached hydrogens (primary N) is 1. The molecule has 0 aliphatic carbocycles. The van der Waals surface area contributed by atoms with Gasteiger partial charge in [0.25, 0.3) is 0 Å². The number of benzene rings is 1. The minimum absolute atomic E-state index is 0.665. The zero-order valence-electron chi connectivity index (χ0n) is 9.66. The zero-order chi connectivity index (χ0) is 11.5. The van der Waals surface area contributed by atoms with Crippen molar-refractivity contribution in [2.75, 3.05) is 5.73 Å². The van der Waals surface area contributed by atoms with Gasteiger partial charge in [0.05, 0.1) is 5.69 Å². The van der Waals surface area contributed by atoms with Crippen LogP contribution >= 0.6 is 11.3 Å². The van der Waals surface area contributed by atoms with Crippen LogP contribution in [0.25, 0.3) is 0 Å². The lowest BCUT2D eigenvalue weighted by atomic mass is 10.1. The molecule has 1 aromatic carbocycles. The quantitative estimate of drug-likeness (QED) is 0.882. The molecule has 3 heteroatoms. The van der Waals surface area contributed by atoms with Gasteiger partial charge in [0.15, 0.2) is 5.13 Å². The molecular weight excluding hydrogens is 216 g/mol. The van der Waals surface area contributed by atoms with Crippen LogP contribution in [0.15, 0.2) is 24.3 Å². The van der Waals surface area contributed by atoms with E-state index in [9.17, 15) is 0 Å². The van der Waals surface area contributed by atoms with E-state index in [1.165, 1.54) is 16.0 Å². The Hall–Kier alpha value is -1.35. The molecule has 0 saturated carbocycles. The van der Waals surface area contributed by atoms with Crippen LogP contribution in [-0.2, 0) is 12.8 Å². The molecule has 0 fully saturated rings. The number of hydrogen-bond donors (Lipinski definition) is 1. The predicted molar refractivity (Wildman–Crippen MR) is 69.9 cm³/mol. The Labute approximate surface area is 100 Å². The molecule has 2 N–H and O–H groups in total. The number of hydrogen-bond acceptors (Lipinski definition) is 3. The molecule has 0 unspecified atom stereocenters. The first-order valence-corrected chi connectivity index (χ1v) is 6.30. The SMILES string of the molecule is CCc1ccc(Cc2sc(N)nc2C)cc1. The lowest BCUT2D eigenvalue weighted by molar-refractivity contribution is 1.11. The van der Waals surface area contributed by atoms with Crippen LogP contribution in [-0.4, -0.2) is 4.98 Å². The summed E-state index contributed by atoms with van der Waals surface area (Å²) in [6.45, 7) is 4.19. The van der Waals surface area contributed by atoms with Gasteiger partial charge in [-0.15, -0.1) is 11.3 Å². The molecule has 0 aliphatic heterocycles. The van der Waals surface area contributed by atoms with E-state index in [1.807, 2.05) is 6.92 Å². The maximum absolute atomic E-state index is 5.69.